The van der Waals surface area contributed by atoms with Crippen LogP contribution in [0.25, 0.3) is 0 Å². The van der Waals surface area contributed by atoms with Gasteiger partial charge in [-0.05, 0) is 32.0 Å². The lowest BCUT2D eigenvalue weighted by atomic mass is 10.3. The lowest BCUT2D eigenvalue weighted by molar-refractivity contribution is -0.113. The molecule has 0 aliphatic carbocycles. The van der Waals surface area contributed by atoms with E-state index in [0.29, 0.717) is 27.1 Å². The van der Waals surface area contributed by atoms with Crippen LogP contribution in [0.15, 0.2) is 23.2 Å². The Morgan fingerprint density at radius 2 is 2.17 bits per heavy atom. The summed E-state index contributed by atoms with van der Waals surface area (Å²) >= 11 is 6.87. The minimum Gasteiger partial charge on any atom is -0.323 e. The summed E-state index contributed by atoms with van der Waals surface area (Å²) in [6.45, 7) is 3.42. The lowest BCUT2D eigenvalue weighted by Gasteiger charge is -2.08. The van der Waals surface area contributed by atoms with Crippen molar-refractivity contribution in [2.45, 2.75) is 18.9 Å². The number of anilines is 1. The molecule has 0 bridgehead atoms. The molecule has 1 aromatic heterocycles. The molecule has 0 aliphatic heterocycles. The van der Waals surface area contributed by atoms with Crippen LogP contribution in [0.5, 0.6) is 0 Å². The van der Waals surface area contributed by atoms with Gasteiger partial charge in [0.1, 0.15) is 28.3 Å². The average molecular weight is 351 g/mol. The van der Waals surface area contributed by atoms with Crippen molar-refractivity contribution in [1.82, 2.24) is 9.97 Å². The largest absolute Gasteiger partial charge is 0.323 e. The topological polar surface area (TPSA) is 78.7 Å². The smallest absolute Gasteiger partial charge is 0.234 e. The van der Waals surface area contributed by atoms with Crippen molar-refractivity contribution in [2.75, 3.05) is 11.1 Å². The fraction of sp³-hybridized carbons (Fsp3) is 0.200. The van der Waals surface area contributed by atoms with Gasteiger partial charge in [-0.1, -0.05) is 23.4 Å². The number of nitriles is 1. The van der Waals surface area contributed by atoms with Gasteiger partial charge in [-0.15, -0.1) is 0 Å². The zero-order valence-electron chi connectivity index (χ0n) is 12.4. The van der Waals surface area contributed by atoms with Gasteiger partial charge in [-0.3, -0.25) is 4.79 Å². The van der Waals surface area contributed by atoms with E-state index in [1.807, 2.05) is 6.07 Å². The van der Waals surface area contributed by atoms with Crippen molar-refractivity contribution >= 4 is 35.0 Å². The number of aromatic nitrogens is 2. The number of amides is 1. The second-order valence-electron chi connectivity index (χ2n) is 4.61. The number of thioether (sulfide) groups is 1. The molecule has 0 fully saturated rings. The number of carbonyl (C=O) groups is 1. The number of nitrogens with zero attached hydrogens (tertiary/aromatic N) is 3. The van der Waals surface area contributed by atoms with Gasteiger partial charge in [-0.25, -0.2) is 14.4 Å². The van der Waals surface area contributed by atoms with E-state index in [1.54, 1.807) is 13.8 Å². The lowest BCUT2D eigenvalue weighted by Crippen LogP contribution is -2.15. The number of aryl methyl sites for hydroxylation is 2. The summed E-state index contributed by atoms with van der Waals surface area (Å²) in [6, 6.07) is 5.93. The normalized spacial score (nSPS) is 10.2. The Labute approximate surface area is 141 Å². The maximum absolute atomic E-state index is 13.6. The van der Waals surface area contributed by atoms with E-state index >= 15 is 0 Å². The number of nitrogens with one attached hydrogen (secondary N) is 1. The molecule has 1 heterocycles. The minimum absolute atomic E-state index is 0.0126. The van der Waals surface area contributed by atoms with Gasteiger partial charge in [-0.2, -0.15) is 5.26 Å². The highest BCUT2D eigenvalue weighted by molar-refractivity contribution is 8.00. The van der Waals surface area contributed by atoms with Crippen molar-refractivity contribution < 1.29 is 9.18 Å². The van der Waals surface area contributed by atoms with Crippen LogP contribution in [0.3, 0.4) is 0 Å². The van der Waals surface area contributed by atoms with Gasteiger partial charge in [0.15, 0.2) is 0 Å². The molecule has 0 aliphatic rings. The summed E-state index contributed by atoms with van der Waals surface area (Å²) in [5.41, 5.74) is 0.907. The maximum Gasteiger partial charge on any atom is 0.234 e. The molecule has 0 atom stereocenters. The first-order valence-corrected chi connectivity index (χ1v) is 7.90. The predicted molar refractivity (Wildman–Crippen MR) is 87.0 cm³/mol. The fourth-order valence-corrected chi connectivity index (χ4v) is 2.87. The third kappa shape index (κ3) is 4.41. The van der Waals surface area contributed by atoms with Gasteiger partial charge in [0, 0.05) is 5.02 Å². The van der Waals surface area contributed by atoms with E-state index < -0.39 is 11.7 Å². The van der Waals surface area contributed by atoms with Crippen molar-refractivity contribution in [3.05, 3.63) is 46.1 Å². The minimum atomic E-state index is -0.570. The Morgan fingerprint density at radius 3 is 2.87 bits per heavy atom. The molecule has 0 spiro atoms. The zero-order chi connectivity index (χ0) is 17.0. The number of halogens is 2. The quantitative estimate of drug-likeness (QED) is 0.674. The molecular formula is C15H12ClFN4OS. The summed E-state index contributed by atoms with van der Waals surface area (Å²) in [7, 11) is 0. The molecule has 2 rings (SSSR count). The highest BCUT2D eigenvalue weighted by Gasteiger charge is 2.13. The third-order valence-electron chi connectivity index (χ3n) is 2.82. The predicted octanol–water partition coefficient (Wildman–Crippen LogP) is 3.49. The number of rotatable bonds is 4. The summed E-state index contributed by atoms with van der Waals surface area (Å²) < 4.78 is 13.6. The monoisotopic (exact) mass is 350 g/mol. The fourth-order valence-electron chi connectivity index (χ4n) is 1.83. The number of carbonyl (C=O) groups excluding carboxylic acids is 1. The van der Waals surface area contributed by atoms with E-state index in [4.69, 9.17) is 16.9 Å². The standard InChI is InChI=1S/C15H12ClFN4OS/c1-8-11(6-18)15(20-9(2)19-8)23-7-14(22)21-13-5-10(16)3-4-12(13)17/h3-5H,7H2,1-2H3,(H,21,22). The SMILES string of the molecule is Cc1nc(C)c(C#N)c(SCC(=O)Nc2cc(Cl)ccc2F)n1. The molecule has 1 N–H and O–H groups in total. The van der Waals surface area contributed by atoms with Crippen molar-refractivity contribution in [1.29, 1.82) is 5.26 Å². The van der Waals surface area contributed by atoms with Gasteiger partial charge >= 0.3 is 0 Å². The summed E-state index contributed by atoms with van der Waals surface area (Å²) in [5.74, 6) is -0.491. The van der Waals surface area contributed by atoms with E-state index in [1.165, 1.54) is 18.2 Å². The van der Waals surface area contributed by atoms with Gasteiger partial charge in [0.25, 0.3) is 0 Å². The van der Waals surface area contributed by atoms with Crippen LogP contribution < -0.4 is 5.32 Å². The first-order chi connectivity index (χ1) is 10.9. The van der Waals surface area contributed by atoms with Crippen LogP contribution in [-0.4, -0.2) is 21.6 Å². The Hall–Kier alpha value is -2.17. The van der Waals surface area contributed by atoms with Crippen LogP contribution in [-0.2, 0) is 4.79 Å². The summed E-state index contributed by atoms with van der Waals surface area (Å²) in [4.78, 5) is 20.2. The number of benzene rings is 1. The summed E-state index contributed by atoms with van der Waals surface area (Å²) in [6.07, 6.45) is 0. The second-order valence-corrected chi connectivity index (χ2v) is 6.01. The van der Waals surface area contributed by atoms with Crippen LogP contribution in [0.4, 0.5) is 10.1 Å². The summed E-state index contributed by atoms with van der Waals surface area (Å²) in [5, 5.41) is 12.3. The first-order valence-electron chi connectivity index (χ1n) is 6.53. The molecule has 0 radical (unpaired) electrons. The molecular weight excluding hydrogens is 339 g/mol. The van der Waals surface area contributed by atoms with Crippen molar-refractivity contribution in [3.8, 4) is 6.07 Å². The van der Waals surface area contributed by atoms with Crippen LogP contribution in [0, 0.1) is 31.0 Å². The van der Waals surface area contributed by atoms with Crippen molar-refractivity contribution in [2.24, 2.45) is 0 Å². The van der Waals surface area contributed by atoms with Gasteiger partial charge in [0.05, 0.1) is 17.1 Å². The molecule has 0 unspecified atom stereocenters. The van der Waals surface area contributed by atoms with E-state index in [2.05, 4.69) is 15.3 Å². The van der Waals surface area contributed by atoms with Crippen LogP contribution >= 0.6 is 23.4 Å². The molecule has 23 heavy (non-hydrogen) atoms. The van der Waals surface area contributed by atoms with E-state index in [0.717, 1.165) is 11.8 Å². The van der Waals surface area contributed by atoms with Gasteiger partial charge < -0.3 is 5.32 Å². The Bertz CT molecular complexity index is 807. The molecule has 2 aromatic rings. The molecule has 1 aromatic carbocycles. The van der Waals surface area contributed by atoms with Crippen LogP contribution in [0.1, 0.15) is 17.1 Å². The molecule has 1 amide bonds. The molecule has 0 saturated heterocycles. The Kier molecular flexibility index (Phi) is 5.53. The zero-order valence-corrected chi connectivity index (χ0v) is 13.9. The van der Waals surface area contributed by atoms with E-state index in [-0.39, 0.29) is 11.4 Å². The second kappa shape index (κ2) is 7.40. The van der Waals surface area contributed by atoms with Crippen molar-refractivity contribution in [3.63, 3.8) is 0 Å². The Balaban J connectivity index is 2.08. The highest BCUT2D eigenvalue weighted by atomic mass is 35.5. The third-order valence-corrected chi connectivity index (χ3v) is 4.03. The average Bonchev–Trinajstić information content (AvgIpc) is 2.48. The molecule has 5 nitrogen and oxygen atoms in total. The Morgan fingerprint density at radius 1 is 1.43 bits per heavy atom. The maximum atomic E-state index is 13.6. The van der Waals surface area contributed by atoms with Crippen LogP contribution in [0.2, 0.25) is 5.02 Å². The van der Waals surface area contributed by atoms with E-state index in [9.17, 15) is 9.18 Å². The molecule has 118 valence electrons. The molecule has 8 heteroatoms. The molecule has 0 saturated carbocycles. The number of hydrogen-bond acceptors (Lipinski definition) is 5. The first kappa shape index (κ1) is 17.2. The number of hydrogen-bond donors (Lipinski definition) is 1. The van der Waals surface area contributed by atoms with Gasteiger partial charge in [0.2, 0.25) is 5.91 Å². The highest BCUT2D eigenvalue weighted by Crippen LogP contribution is 2.23.